The molecule has 3 heterocycles. The molecule has 0 bridgehead atoms. The fourth-order valence-electron chi connectivity index (χ4n) is 1.89. The molecule has 10 heteroatoms. The van der Waals surface area contributed by atoms with E-state index in [2.05, 4.69) is 20.6 Å². The number of nitrogens with one attached hydrogen (secondary N) is 1. The average molecular weight is 323 g/mol. The van der Waals surface area contributed by atoms with Gasteiger partial charge < -0.3 is 4.52 Å². The number of aromatic nitrogens is 4. The SMILES string of the molecule is O=C(Nc1oncc1-n1cccn1)c1cnccc1C(F)(F)F. The van der Waals surface area contributed by atoms with Gasteiger partial charge >= 0.3 is 6.18 Å². The summed E-state index contributed by atoms with van der Waals surface area (Å²) in [6, 6.07) is 2.35. The van der Waals surface area contributed by atoms with Crippen molar-refractivity contribution in [2.45, 2.75) is 6.18 Å². The van der Waals surface area contributed by atoms with E-state index in [4.69, 9.17) is 4.52 Å². The van der Waals surface area contributed by atoms with Crippen LogP contribution >= 0.6 is 0 Å². The fourth-order valence-corrected chi connectivity index (χ4v) is 1.89. The van der Waals surface area contributed by atoms with E-state index in [1.807, 2.05) is 0 Å². The molecule has 3 rings (SSSR count). The maximum absolute atomic E-state index is 12.9. The topological polar surface area (TPSA) is 85.8 Å². The third kappa shape index (κ3) is 2.91. The van der Waals surface area contributed by atoms with E-state index in [0.29, 0.717) is 0 Å². The predicted molar refractivity (Wildman–Crippen MR) is 70.8 cm³/mol. The van der Waals surface area contributed by atoms with Crippen molar-refractivity contribution >= 4 is 11.8 Å². The molecule has 0 radical (unpaired) electrons. The lowest BCUT2D eigenvalue weighted by molar-refractivity contribution is -0.138. The van der Waals surface area contributed by atoms with Crippen LogP contribution in [0, 0.1) is 0 Å². The minimum atomic E-state index is -4.68. The van der Waals surface area contributed by atoms with Crippen LogP contribution in [0.25, 0.3) is 5.69 Å². The Morgan fingerprint density at radius 3 is 2.78 bits per heavy atom. The van der Waals surface area contributed by atoms with Gasteiger partial charge in [-0.2, -0.15) is 18.3 Å². The highest BCUT2D eigenvalue weighted by Gasteiger charge is 2.35. The van der Waals surface area contributed by atoms with Gasteiger partial charge in [0, 0.05) is 24.8 Å². The van der Waals surface area contributed by atoms with Gasteiger partial charge in [0.2, 0.25) is 0 Å². The number of pyridine rings is 1. The Morgan fingerprint density at radius 1 is 1.26 bits per heavy atom. The highest BCUT2D eigenvalue weighted by molar-refractivity contribution is 6.05. The lowest BCUT2D eigenvalue weighted by Gasteiger charge is -2.11. The van der Waals surface area contributed by atoms with Crippen molar-refractivity contribution in [3.8, 4) is 5.69 Å². The van der Waals surface area contributed by atoms with Crippen LogP contribution in [0.15, 0.2) is 47.6 Å². The summed E-state index contributed by atoms with van der Waals surface area (Å²) >= 11 is 0. The Hall–Kier alpha value is -3.17. The van der Waals surface area contributed by atoms with E-state index in [1.165, 1.54) is 17.1 Å². The summed E-state index contributed by atoms with van der Waals surface area (Å²) in [6.07, 6.45) is 1.44. The van der Waals surface area contributed by atoms with E-state index < -0.39 is 23.2 Å². The maximum Gasteiger partial charge on any atom is 0.417 e. The molecule has 7 nitrogen and oxygen atoms in total. The van der Waals surface area contributed by atoms with Gasteiger partial charge in [-0.25, -0.2) is 4.68 Å². The van der Waals surface area contributed by atoms with E-state index in [-0.39, 0.29) is 11.6 Å². The third-order valence-corrected chi connectivity index (χ3v) is 2.90. The molecule has 0 spiro atoms. The first kappa shape index (κ1) is 14.8. The summed E-state index contributed by atoms with van der Waals surface area (Å²) in [5.41, 5.74) is -1.44. The average Bonchev–Trinajstić information content (AvgIpc) is 3.17. The molecule has 0 unspecified atom stereocenters. The number of anilines is 1. The van der Waals surface area contributed by atoms with Crippen molar-refractivity contribution in [2.75, 3.05) is 5.32 Å². The first-order valence-corrected chi connectivity index (χ1v) is 6.24. The van der Waals surface area contributed by atoms with Crippen LogP contribution in [0.1, 0.15) is 15.9 Å². The van der Waals surface area contributed by atoms with Crippen molar-refractivity contribution < 1.29 is 22.5 Å². The number of nitrogens with zero attached hydrogens (tertiary/aromatic N) is 4. The highest BCUT2D eigenvalue weighted by Crippen LogP contribution is 2.32. The van der Waals surface area contributed by atoms with Crippen molar-refractivity contribution in [3.05, 3.63) is 54.2 Å². The standard InChI is InChI=1S/C13H8F3N5O2/c14-13(15,16)9-2-4-17-6-8(9)11(22)20-12-10(7-19-23-12)21-5-1-3-18-21/h1-7H,(H,20,22). The Balaban J connectivity index is 1.91. The maximum atomic E-state index is 12.9. The molecule has 3 aromatic rings. The summed E-state index contributed by atoms with van der Waals surface area (Å²) in [5.74, 6) is -1.15. The van der Waals surface area contributed by atoms with Crippen LogP contribution in [-0.2, 0) is 6.18 Å². The molecule has 0 aliphatic carbocycles. The van der Waals surface area contributed by atoms with Crippen molar-refractivity contribution in [1.82, 2.24) is 19.9 Å². The molecule has 0 fully saturated rings. The highest BCUT2D eigenvalue weighted by atomic mass is 19.4. The number of carbonyl (C=O) groups excluding carboxylic acids is 1. The summed E-state index contributed by atoms with van der Waals surface area (Å²) in [5, 5.41) is 9.68. The van der Waals surface area contributed by atoms with Gasteiger partial charge in [0.15, 0.2) is 0 Å². The van der Waals surface area contributed by atoms with Crippen LogP contribution in [0.5, 0.6) is 0 Å². The Morgan fingerprint density at radius 2 is 2.09 bits per heavy atom. The number of halogens is 3. The number of hydrogen-bond donors (Lipinski definition) is 1. The van der Waals surface area contributed by atoms with Crippen LogP contribution in [-0.4, -0.2) is 25.8 Å². The smallest absolute Gasteiger partial charge is 0.336 e. The van der Waals surface area contributed by atoms with Crippen molar-refractivity contribution in [1.29, 1.82) is 0 Å². The first-order chi connectivity index (χ1) is 11.0. The number of carbonyl (C=O) groups is 1. The molecular weight excluding hydrogens is 315 g/mol. The van der Waals surface area contributed by atoms with E-state index in [0.717, 1.165) is 18.5 Å². The molecule has 3 aromatic heterocycles. The zero-order valence-corrected chi connectivity index (χ0v) is 11.3. The van der Waals surface area contributed by atoms with Gasteiger partial charge in [-0.3, -0.25) is 15.1 Å². The van der Waals surface area contributed by atoms with Gasteiger partial charge in [-0.15, -0.1) is 0 Å². The first-order valence-electron chi connectivity index (χ1n) is 6.24. The minimum absolute atomic E-state index is 0.129. The third-order valence-electron chi connectivity index (χ3n) is 2.90. The number of rotatable bonds is 3. The van der Waals surface area contributed by atoms with E-state index >= 15 is 0 Å². The van der Waals surface area contributed by atoms with Crippen molar-refractivity contribution in [3.63, 3.8) is 0 Å². The summed E-state index contributed by atoms with van der Waals surface area (Å²) in [6.45, 7) is 0. The van der Waals surface area contributed by atoms with Crippen LogP contribution in [0.2, 0.25) is 0 Å². The quantitative estimate of drug-likeness (QED) is 0.800. The summed E-state index contributed by atoms with van der Waals surface area (Å²) in [7, 11) is 0. The van der Waals surface area contributed by atoms with Gasteiger partial charge in [-0.05, 0) is 12.1 Å². The van der Waals surface area contributed by atoms with E-state index in [1.54, 1.807) is 12.3 Å². The predicted octanol–water partition coefficient (Wildman–Crippen LogP) is 2.53. The molecule has 1 N–H and O–H groups in total. The summed E-state index contributed by atoms with van der Waals surface area (Å²) < 4.78 is 45.0. The molecule has 1 amide bonds. The molecule has 0 aliphatic rings. The molecule has 118 valence electrons. The van der Waals surface area contributed by atoms with Gasteiger partial charge in [0.05, 0.1) is 17.3 Å². The molecule has 0 aliphatic heterocycles. The molecule has 0 atom stereocenters. The van der Waals surface area contributed by atoms with Crippen LogP contribution in [0.4, 0.5) is 19.1 Å². The van der Waals surface area contributed by atoms with Crippen LogP contribution < -0.4 is 5.32 Å². The zero-order valence-electron chi connectivity index (χ0n) is 11.3. The number of hydrogen-bond acceptors (Lipinski definition) is 5. The zero-order chi connectivity index (χ0) is 16.4. The second-order valence-corrected chi connectivity index (χ2v) is 4.36. The van der Waals surface area contributed by atoms with Crippen LogP contribution in [0.3, 0.4) is 0 Å². The Kier molecular flexibility index (Phi) is 3.56. The molecule has 23 heavy (non-hydrogen) atoms. The number of amides is 1. The normalized spacial score (nSPS) is 11.4. The monoisotopic (exact) mass is 323 g/mol. The Labute approximate surface area is 126 Å². The van der Waals surface area contributed by atoms with Gasteiger partial charge in [0.1, 0.15) is 5.69 Å². The second kappa shape index (κ2) is 5.55. The summed E-state index contributed by atoms with van der Waals surface area (Å²) in [4.78, 5) is 15.7. The second-order valence-electron chi connectivity index (χ2n) is 4.36. The number of alkyl halides is 3. The van der Waals surface area contributed by atoms with E-state index in [9.17, 15) is 18.0 Å². The molecule has 0 aromatic carbocycles. The largest absolute Gasteiger partial charge is 0.417 e. The van der Waals surface area contributed by atoms with Gasteiger partial charge in [-0.1, -0.05) is 5.16 Å². The molecule has 0 saturated heterocycles. The lowest BCUT2D eigenvalue weighted by atomic mass is 10.1. The Bertz CT molecular complexity index is 826. The molecule has 0 saturated carbocycles. The van der Waals surface area contributed by atoms with Gasteiger partial charge in [0.25, 0.3) is 11.8 Å². The lowest BCUT2D eigenvalue weighted by Crippen LogP contribution is -2.19. The fraction of sp³-hybridized carbons (Fsp3) is 0.0769. The molecular formula is C13H8F3N5O2. The van der Waals surface area contributed by atoms with Crippen molar-refractivity contribution in [2.24, 2.45) is 0 Å². The minimum Gasteiger partial charge on any atom is -0.336 e.